The first-order chi connectivity index (χ1) is 17.2. The highest BCUT2D eigenvalue weighted by atomic mass is 35.5. The van der Waals surface area contributed by atoms with Crippen LogP contribution in [0.2, 0.25) is 5.28 Å². The Morgan fingerprint density at radius 3 is 2.42 bits per heavy atom. The van der Waals surface area contributed by atoms with Gasteiger partial charge in [0.25, 0.3) is 0 Å². The maximum Gasteiger partial charge on any atom is 0.410 e. The Morgan fingerprint density at radius 1 is 1.06 bits per heavy atom. The fourth-order valence-corrected chi connectivity index (χ4v) is 5.48. The van der Waals surface area contributed by atoms with E-state index < -0.39 is 5.60 Å². The number of nitrogens with zero attached hydrogens (tertiary/aromatic N) is 5. The first kappa shape index (κ1) is 24.6. The fraction of sp³-hybridized carbons (Fsp3) is 0.538. The monoisotopic (exact) mass is 513 g/mol. The van der Waals surface area contributed by atoms with Crippen LogP contribution in [0.1, 0.15) is 50.4 Å². The smallest absolute Gasteiger partial charge is 0.410 e. The molecular weight excluding hydrogens is 482 g/mol. The summed E-state index contributed by atoms with van der Waals surface area (Å²) in [7, 11) is 0. The molecule has 4 heterocycles. The number of hydrogen-bond donors (Lipinski definition) is 0. The average molecular weight is 514 g/mol. The highest BCUT2D eigenvalue weighted by molar-refractivity contribution is 6.28. The molecule has 0 saturated carbocycles. The van der Waals surface area contributed by atoms with Gasteiger partial charge in [0.05, 0.1) is 24.3 Å². The molecule has 192 valence electrons. The summed E-state index contributed by atoms with van der Waals surface area (Å²) in [6.07, 6.45) is 1.85. The van der Waals surface area contributed by atoms with Gasteiger partial charge in [-0.2, -0.15) is 0 Å². The van der Waals surface area contributed by atoms with Crippen molar-refractivity contribution in [2.45, 2.75) is 70.9 Å². The minimum atomic E-state index is -0.562. The standard InChI is InChI=1S/C26H32ClN5O4/c1-26(2,3)36-24(33)30-12-11-20-21(15-30)28-23(27)29-22(20)31-13-18-9-10-19(14-31)32(18)25(34)35-16-17-7-5-4-6-8-17/h4-8,18-19H,9-16H2,1-3H3. The van der Waals surface area contributed by atoms with E-state index in [0.717, 1.165) is 35.5 Å². The van der Waals surface area contributed by atoms with Crippen LogP contribution < -0.4 is 4.90 Å². The topological polar surface area (TPSA) is 88.1 Å². The van der Waals surface area contributed by atoms with E-state index in [4.69, 9.17) is 21.1 Å². The van der Waals surface area contributed by atoms with Crippen molar-refractivity contribution in [3.05, 3.63) is 52.4 Å². The number of hydrogen-bond acceptors (Lipinski definition) is 7. The van der Waals surface area contributed by atoms with E-state index in [1.807, 2.05) is 56.0 Å². The first-order valence-electron chi connectivity index (χ1n) is 12.4. The van der Waals surface area contributed by atoms with Crippen LogP contribution >= 0.6 is 11.6 Å². The molecule has 36 heavy (non-hydrogen) atoms. The average Bonchev–Trinajstić information content (AvgIpc) is 3.10. The predicted octanol–water partition coefficient (Wildman–Crippen LogP) is 4.41. The van der Waals surface area contributed by atoms with Crippen LogP contribution in [0.4, 0.5) is 15.4 Å². The molecule has 1 aromatic heterocycles. The molecule has 2 amide bonds. The predicted molar refractivity (Wildman–Crippen MR) is 135 cm³/mol. The number of carbonyl (C=O) groups excluding carboxylic acids is 2. The number of piperazine rings is 1. The molecule has 2 fully saturated rings. The van der Waals surface area contributed by atoms with Gasteiger partial charge in [0, 0.05) is 25.2 Å². The van der Waals surface area contributed by atoms with Crippen molar-refractivity contribution in [3.63, 3.8) is 0 Å². The van der Waals surface area contributed by atoms with Gasteiger partial charge >= 0.3 is 12.2 Å². The van der Waals surface area contributed by atoms with Gasteiger partial charge in [-0.3, -0.25) is 4.90 Å². The minimum absolute atomic E-state index is 0.0540. The van der Waals surface area contributed by atoms with Crippen LogP contribution in [-0.4, -0.2) is 69.3 Å². The SMILES string of the molecule is CC(C)(C)OC(=O)N1CCc2c(nc(Cl)nc2N2CC3CCC(C2)N3C(=O)OCc2ccccc2)C1. The number of anilines is 1. The molecule has 0 aliphatic carbocycles. The highest BCUT2D eigenvalue weighted by Gasteiger charge is 2.44. The summed E-state index contributed by atoms with van der Waals surface area (Å²) in [6, 6.07) is 9.82. The van der Waals surface area contributed by atoms with E-state index in [-0.39, 0.29) is 36.2 Å². The molecule has 2 aromatic rings. The summed E-state index contributed by atoms with van der Waals surface area (Å²) < 4.78 is 11.2. The third kappa shape index (κ3) is 5.21. The molecule has 0 N–H and O–H groups in total. The van der Waals surface area contributed by atoms with E-state index in [0.29, 0.717) is 32.6 Å². The molecule has 3 aliphatic heterocycles. The Morgan fingerprint density at radius 2 is 1.75 bits per heavy atom. The van der Waals surface area contributed by atoms with Crippen LogP contribution in [0, 0.1) is 0 Å². The quantitative estimate of drug-likeness (QED) is 0.561. The molecule has 2 atom stereocenters. The summed E-state index contributed by atoms with van der Waals surface area (Å²) in [5.41, 5.74) is 2.17. The van der Waals surface area contributed by atoms with Crippen molar-refractivity contribution >= 4 is 29.6 Å². The summed E-state index contributed by atoms with van der Waals surface area (Å²) in [6.45, 7) is 8.00. The maximum absolute atomic E-state index is 13.0. The Hall–Kier alpha value is -3.07. The molecule has 0 radical (unpaired) electrons. The molecule has 2 unspecified atom stereocenters. The number of ether oxygens (including phenoxy) is 2. The van der Waals surface area contributed by atoms with Crippen LogP contribution in [0.15, 0.2) is 30.3 Å². The van der Waals surface area contributed by atoms with Crippen molar-refractivity contribution < 1.29 is 19.1 Å². The number of amides is 2. The van der Waals surface area contributed by atoms with Crippen molar-refractivity contribution in [1.29, 1.82) is 0 Å². The number of carbonyl (C=O) groups is 2. The van der Waals surface area contributed by atoms with Gasteiger partial charge in [0.2, 0.25) is 5.28 Å². The minimum Gasteiger partial charge on any atom is -0.445 e. The van der Waals surface area contributed by atoms with E-state index in [1.165, 1.54) is 0 Å². The second-order valence-corrected chi connectivity index (χ2v) is 11.0. The number of benzene rings is 1. The second kappa shape index (κ2) is 9.76. The van der Waals surface area contributed by atoms with Crippen LogP contribution in [0.5, 0.6) is 0 Å². The second-order valence-electron chi connectivity index (χ2n) is 10.6. The van der Waals surface area contributed by atoms with E-state index in [2.05, 4.69) is 14.9 Å². The third-order valence-corrected chi connectivity index (χ3v) is 7.03. The van der Waals surface area contributed by atoms with Gasteiger partial charge in [-0.25, -0.2) is 19.6 Å². The largest absolute Gasteiger partial charge is 0.445 e. The van der Waals surface area contributed by atoms with Gasteiger partial charge in [-0.15, -0.1) is 0 Å². The fourth-order valence-electron chi connectivity index (χ4n) is 5.29. The van der Waals surface area contributed by atoms with Crippen LogP contribution in [0.3, 0.4) is 0 Å². The van der Waals surface area contributed by atoms with E-state index in [1.54, 1.807) is 4.90 Å². The van der Waals surface area contributed by atoms with Crippen molar-refractivity contribution in [2.75, 3.05) is 24.5 Å². The zero-order valence-corrected chi connectivity index (χ0v) is 21.7. The van der Waals surface area contributed by atoms with Gasteiger partial charge in [-0.1, -0.05) is 30.3 Å². The van der Waals surface area contributed by atoms with Crippen LogP contribution in [0.25, 0.3) is 0 Å². The Labute approximate surface area is 216 Å². The Bertz CT molecular complexity index is 1130. The molecule has 0 spiro atoms. The van der Waals surface area contributed by atoms with Crippen LogP contribution in [-0.2, 0) is 29.0 Å². The highest BCUT2D eigenvalue weighted by Crippen LogP contribution is 2.36. The molecule has 5 rings (SSSR count). The number of halogens is 1. The maximum atomic E-state index is 13.0. The zero-order valence-electron chi connectivity index (χ0n) is 20.9. The zero-order chi connectivity index (χ0) is 25.4. The first-order valence-corrected chi connectivity index (χ1v) is 12.8. The Kier molecular flexibility index (Phi) is 6.68. The summed E-state index contributed by atoms with van der Waals surface area (Å²) >= 11 is 6.33. The lowest BCUT2D eigenvalue weighted by atomic mass is 10.0. The Balaban J connectivity index is 1.28. The number of rotatable bonds is 3. The molecule has 9 nitrogen and oxygen atoms in total. The summed E-state index contributed by atoms with van der Waals surface area (Å²) in [5.74, 6) is 0.808. The normalized spacial score (nSPS) is 21.3. The van der Waals surface area contributed by atoms with Crippen molar-refractivity contribution in [3.8, 4) is 0 Å². The summed E-state index contributed by atoms with van der Waals surface area (Å²) in [4.78, 5) is 40.4. The molecule has 3 aliphatic rings. The van der Waals surface area contributed by atoms with Gasteiger partial charge < -0.3 is 19.3 Å². The number of fused-ring (bicyclic) bond motifs is 3. The molecule has 2 saturated heterocycles. The molecule has 2 bridgehead atoms. The molecule has 1 aromatic carbocycles. The van der Waals surface area contributed by atoms with Gasteiger partial charge in [-0.05, 0) is 57.2 Å². The van der Waals surface area contributed by atoms with Crippen molar-refractivity contribution in [1.82, 2.24) is 19.8 Å². The lowest BCUT2D eigenvalue weighted by molar-refractivity contribution is 0.0220. The van der Waals surface area contributed by atoms with E-state index in [9.17, 15) is 9.59 Å². The third-order valence-electron chi connectivity index (χ3n) is 6.87. The van der Waals surface area contributed by atoms with Gasteiger partial charge in [0.1, 0.15) is 18.0 Å². The van der Waals surface area contributed by atoms with Crippen molar-refractivity contribution in [2.24, 2.45) is 0 Å². The summed E-state index contributed by atoms with van der Waals surface area (Å²) in [5, 5.41) is 0.159. The lowest BCUT2D eigenvalue weighted by Crippen LogP contribution is -2.56. The molecule has 10 heteroatoms. The van der Waals surface area contributed by atoms with E-state index >= 15 is 0 Å². The molecular formula is C26H32ClN5O4. The number of aromatic nitrogens is 2. The lowest BCUT2D eigenvalue weighted by Gasteiger charge is -2.42. The van der Waals surface area contributed by atoms with Gasteiger partial charge in [0.15, 0.2) is 0 Å².